The summed E-state index contributed by atoms with van der Waals surface area (Å²) < 4.78 is 9.91. The first kappa shape index (κ1) is 12.2. The monoisotopic (exact) mass is 226 g/mol. The second-order valence-electron chi connectivity index (χ2n) is 3.16. The van der Waals surface area contributed by atoms with Gasteiger partial charge in [-0.25, -0.2) is 9.89 Å². The van der Waals surface area contributed by atoms with E-state index in [2.05, 4.69) is 14.9 Å². The Hall–Kier alpha value is -1.85. The average molecular weight is 226 g/mol. The van der Waals surface area contributed by atoms with Gasteiger partial charge in [0.1, 0.15) is 11.8 Å². The van der Waals surface area contributed by atoms with Crippen LogP contribution in [0.2, 0.25) is 0 Å². The fraction of sp³-hybridized carbons (Fsp3) is 0.500. The first-order valence-corrected chi connectivity index (χ1v) is 4.90. The van der Waals surface area contributed by atoms with E-state index in [0.29, 0.717) is 30.7 Å². The van der Waals surface area contributed by atoms with Gasteiger partial charge in [0.2, 0.25) is 5.88 Å². The maximum Gasteiger partial charge on any atom is 0.345 e. The van der Waals surface area contributed by atoms with Gasteiger partial charge in [-0.2, -0.15) is 5.10 Å². The first-order valence-electron chi connectivity index (χ1n) is 4.90. The van der Waals surface area contributed by atoms with Crippen molar-refractivity contribution in [2.45, 2.75) is 19.8 Å². The van der Waals surface area contributed by atoms with Gasteiger partial charge >= 0.3 is 5.97 Å². The van der Waals surface area contributed by atoms with Crippen LogP contribution in [0.1, 0.15) is 28.9 Å². The third kappa shape index (κ3) is 2.82. The Balaban J connectivity index is 2.65. The SMILES string of the molecule is COC(=O)c1c(C)n[nH]c1OCCCC=O. The van der Waals surface area contributed by atoms with E-state index in [0.717, 1.165) is 6.29 Å². The topological polar surface area (TPSA) is 81.3 Å². The van der Waals surface area contributed by atoms with Crippen molar-refractivity contribution < 1.29 is 19.1 Å². The molecule has 0 fully saturated rings. The summed E-state index contributed by atoms with van der Waals surface area (Å²) in [7, 11) is 1.30. The van der Waals surface area contributed by atoms with E-state index in [9.17, 15) is 9.59 Å². The molecular weight excluding hydrogens is 212 g/mol. The van der Waals surface area contributed by atoms with Crippen LogP contribution in [-0.4, -0.2) is 36.2 Å². The van der Waals surface area contributed by atoms with Gasteiger partial charge in [-0.15, -0.1) is 0 Å². The van der Waals surface area contributed by atoms with Gasteiger partial charge in [0.15, 0.2) is 0 Å². The molecule has 0 aromatic carbocycles. The lowest BCUT2D eigenvalue weighted by Crippen LogP contribution is -2.06. The summed E-state index contributed by atoms with van der Waals surface area (Å²) in [5, 5.41) is 6.47. The molecule has 1 aromatic rings. The Morgan fingerprint density at radius 1 is 1.56 bits per heavy atom. The highest BCUT2D eigenvalue weighted by Crippen LogP contribution is 2.19. The van der Waals surface area contributed by atoms with E-state index in [1.807, 2.05) is 0 Å². The summed E-state index contributed by atoms with van der Waals surface area (Å²) in [6, 6.07) is 0. The van der Waals surface area contributed by atoms with Crippen LogP contribution >= 0.6 is 0 Å². The molecule has 0 aliphatic carbocycles. The molecule has 0 spiro atoms. The summed E-state index contributed by atoms with van der Waals surface area (Å²) in [5.41, 5.74) is 0.825. The van der Waals surface area contributed by atoms with Gasteiger partial charge in [0.25, 0.3) is 0 Å². The maximum atomic E-state index is 11.4. The summed E-state index contributed by atoms with van der Waals surface area (Å²) >= 11 is 0. The smallest absolute Gasteiger partial charge is 0.345 e. The number of nitrogens with zero attached hydrogens (tertiary/aromatic N) is 1. The molecule has 88 valence electrons. The summed E-state index contributed by atoms with van der Waals surface area (Å²) in [6.45, 7) is 2.03. The van der Waals surface area contributed by atoms with Crippen LogP contribution in [0.3, 0.4) is 0 Å². The fourth-order valence-electron chi connectivity index (χ4n) is 1.20. The molecule has 0 amide bonds. The van der Waals surface area contributed by atoms with Crippen LogP contribution in [0.4, 0.5) is 0 Å². The van der Waals surface area contributed by atoms with E-state index in [-0.39, 0.29) is 5.88 Å². The average Bonchev–Trinajstić information content (AvgIpc) is 2.65. The zero-order chi connectivity index (χ0) is 12.0. The van der Waals surface area contributed by atoms with Crippen molar-refractivity contribution in [2.24, 2.45) is 0 Å². The van der Waals surface area contributed by atoms with Gasteiger partial charge in [0, 0.05) is 6.42 Å². The Bertz CT molecular complexity index is 373. The Morgan fingerprint density at radius 3 is 2.94 bits per heavy atom. The minimum atomic E-state index is -0.489. The van der Waals surface area contributed by atoms with Gasteiger partial charge in [-0.3, -0.25) is 0 Å². The number of unbranched alkanes of at least 4 members (excludes halogenated alkanes) is 1. The van der Waals surface area contributed by atoms with Crippen molar-refractivity contribution in [1.29, 1.82) is 0 Å². The molecule has 0 aliphatic rings. The second-order valence-corrected chi connectivity index (χ2v) is 3.16. The number of aromatic amines is 1. The summed E-state index contributed by atoms with van der Waals surface area (Å²) in [6.07, 6.45) is 1.85. The molecule has 0 saturated carbocycles. The molecule has 0 saturated heterocycles. The number of nitrogens with one attached hydrogen (secondary N) is 1. The Kier molecular flexibility index (Phi) is 4.50. The zero-order valence-electron chi connectivity index (χ0n) is 9.28. The van der Waals surface area contributed by atoms with E-state index in [4.69, 9.17) is 4.74 Å². The number of esters is 1. The predicted octanol–water partition coefficient (Wildman–Crippen LogP) is 0.863. The number of aryl methyl sites for hydroxylation is 1. The number of carbonyl (C=O) groups excluding carboxylic acids is 2. The molecule has 1 heterocycles. The van der Waals surface area contributed by atoms with Crippen LogP contribution in [0.15, 0.2) is 0 Å². The third-order valence-electron chi connectivity index (χ3n) is 2.02. The van der Waals surface area contributed by atoms with Crippen molar-refractivity contribution in [3.63, 3.8) is 0 Å². The van der Waals surface area contributed by atoms with Crippen LogP contribution < -0.4 is 4.74 Å². The lowest BCUT2D eigenvalue weighted by Gasteiger charge is -2.04. The quantitative estimate of drug-likeness (QED) is 0.442. The number of H-pyrrole nitrogens is 1. The van der Waals surface area contributed by atoms with E-state index >= 15 is 0 Å². The van der Waals surface area contributed by atoms with Crippen LogP contribution in [0.25, 0.3) is 0 Å². The van der Waals surface area contributed by atoms with Crippen molar-refractivity contribution in [3.05, 3.63) is 11.3 Å². The van der Waals surface area contributed by atoms with Crippen LogP contribution in [0, 0.1) is 6.92 Å². The molecule has 16 heavy (non-hydrogen) atoms. The number of rotatable bonds is 6. The normalized spacial score (nSPS) is 9.88. The lowest BCUT2D eigenvalue weighted by molar-refractivity contribution is -0.108. The number of carbonyl (C=O) groups is 2. The summed E-state index contributed by atoms with van der Waals surface area (Å²) in [5.74, 6) is -0.202. The minimum Gasteiger partial charge on any atom is -0.477 e. The third-order valence-corrected chi connectivity index (χ3v) is 2.02. The molecule has 0 radical (unpaired) electrons. The molecule has 6 heteroatoms. The second kappa shape index (κ2) is 5.89. The predicted molar refractivity (Wildman–Crippen MR) is 55.5 cm³/mol. The number of aldehydes is 1. The molecule has 1 aromatic heterocycles. The molecular formula is C10H14N2O4. The summed E-state index contributed by atoms with van der Waals surface area (Å²) in [4.78, 5) is 21.5. The molecule has 1 rings (SSSR count). The molecule has 6 nitrogen and oxygen atoms in total. The molecule has 0 bridgehead atoms. The molecule has 0 atom stereocenters. The first-order chi connectivity index (χ1) is 7.70. The van der Waals surface area contributed by atoms with E-state index in [1.54, 1.807) is 6.92 Å². The van der Waals surface area contributed by atoms with Crippen molar-refractivity contribution in [2.75, 3.05) is 13.7 Å². The van der Waals surface area contributed by atoms with Gasteiger partial charge in [0.05, 0.1) is 19.4 Å². The number of ether oxygens (including phenoxy) is 2. The van der Waals surface area contributed by atoms with E-state index in [1.165, 1.54) is 7.11 Å². The number of hydrogen-bond donors (Lipinski definition) is 1. The van der Waals surface area contributed by atoms with Crippen molar-refractivity contribution in [3.8, 4) is 5.88 Å². The highest BCUT2D eigenvalue weighted by atomic mass is 16.5. The maximum absolute atomic E-state index is 11.4. The number of methoxy groups -OCH3 is 1. The highest BCUT2D eigenvalue weighted by Gasteiger charge is 2.19. The molecule has 0 aliphatic heterocycles. The lowest BCUT2D eigenvalue weighted by atomic mass is 10.2. The standard InChI is InChI=1S/C10H14N2O4/c1-7-8(10(14)15-2)9(12-11-7)16-6-4-3-5-13/h5H,3-4,6H2,1-2H3,(H,11,12). The van der Waals surface area contributed by atoms with Gasteiger partial charge < -0.3 is 14.3 Å². The highest BCUT2D eigenvalue weighted by molar-refractivity contribution is 5.93. The van der Waals surface area contributed by atoms with Crippen LogP contribution in [-0.2, 0) is 9.53 Å². The van der Waals surface area contributed by atoms with E-state index < -0.39 is 5.97 Å². The number of aromatic nitrogens is 2. The Labute approximate surface area is 92.9 Å². The largest absolute Gasteiger partial charge is 0.477 e. The zero-order valence-corrected chi connectivity index (χ0v) is 9.28. The number of hydrogen-bond acceptors (Lipinski definition) is 5. The fourth-order valence-corrected chi connectivity index (χ4v) is 1.20. The van der Waals surface area contributed by atoms with Crippen LogP contribution in [0.5, 0.6) is 5.88 Å². The van der Waals surface area contributed by atoms with Gasteiger partial charge in [-0.05, 0) is 13.3 Å². The minimum absolute atomic E-state index is 0.287. The van der Waals surface area contributed by atoms with Crippen molar-refractivity contribution in [1.82, 2.24) is 10.2 Å². The van der Waals surface area contributed by atoms with Gasteiger partial charge in [-0.1, -0.05) is 0 Å². The Morgan fingerprint density at radius 2 is 2.31 bits per heavy atom. The molecule has 0 unspecified atom stereocenters. The molecule has 1 N–H and O–H groups in total. The van der Waals surface area contributed by atoms with Crippen molar-refractivity contribution >= 4 is 12.3 Å².